The molecule has 1 N–H and O–H groups in total. The first kappa shape index (κ1) is 11.3. The van der Waals surface area contributed by atoms with Crippen LogP contribution in [0.15, 0.2) is 0 Å². The largest absolute Gasteiger partial charge is 0.444 e. The third-order valence-corrected chi connectivity index (χ3v) is 2.67. The van der Waals surface area contributed by atoms with Gasteiger partial charge in [0.2, 0.25) is 0 Å². The highest BCUT2D eigenvalue weighted by atomic mass is 16.6. The molecule has 1 unspecified atom stereocenters. The second-order valence-electron chi connectivity index (χ2n) is 4.12. The average molecular weight is 200 g/mol. The zero-order valence-corrected chi connectivity index (χ0v) is 9.25. The maximum Gasteiger partial charge on any atom is 0.407 e. The molecule has 4 heteroatoms. The van der Waals surface area contributed by atoms with Gasteiger partial charge in [0.15, 0.2) is 0 Å². The number of alkyl carbamates (subject to hydrolysis) is 1. The van der Waals surface area contributed by atoms with Crippen molar-refractivity contribution in [2.75, 3.05) is 20.1 Å². The van der Waals surface area contributed by atoms with Crippen LogP contribution in [0.3, 0.4) is 0 Å². The van der Waals surface area contributed by atoms with Crippen LogP contribution in [0.1, 0.15) is 26.7 Å². The molecule has 1 saturated heterocycles. The fourth-order valence-electron chi connectivity index (χ4n) is 1.42. The van der Waals surface area contributed by atoms with E-state index in [9.17, 15) is 4.79 Å². The first-order valence-corrected chi connectivity index (χ1v) is 5.24. The summed E-state index contributed by atoms with van der Waals surface area (Å²) in [5.74, 6) is 0. The van der Waals surface area contributed by atoms with Crippen molar-refractivity contribution >= 4 is 6.09 Å². The molecule has 1 fully saturated rings. The predicted molar refractivity (Wildman–Crippen MR) is 55.3 cm³/mol. The number of hydrogen-bond donors (Lipinski definition) is 1. The fraction of sp³-hybridized carbons (Fsp3) is 0.900. The van der Waals surface area contributed by atoms with Crippen molar-refractivity contribution in [3.05, 3.63) is 0 Å². The van der Waals surface area contributed by atoms with Crippen LogP contribution in [0.25, 0.3) is 0 Å². The number of carbonyl (C=O) groups excluding carboxylic acids is 1. The standard InChI is InChI=1S/C10H20N2O2/c1-8(2)12(3)6-4-5-9-7-11-10(13)14-9/h8-9H,4-7H2,1-3H3,(H,11,13). The van der Waals surface area contributed by atoms with Crippen molar-refractivity contribution in [3.63, 3.8) is 0 Å². The summed E-state index contributed by atoms with van der Waals surface area (Å²) in [5, 5.41) is 2.66. The molecule has 14 heavy (non-hydrogen) atoms. The summed E-state index contributed by atoms with van der Waals surface area (Å²) in [6.45, 7) is 6.09. The number of rotatable bonds is 5. The molecule has 0 aromatic rings. The van der Waals surface area contributed by atoms with Gasteiger partial charge in [-0.3, -0.25) is 0 Å². The Labute approximate surface area is 85.6 Å². The number of carbonyl (C=O) groups is 1. The van der Waals surface area contributed by atoms with E-state index < -0.39 is 0 Å². The molecule has 0 aliphatic carbocycles. The molecule has 0 spiro atoms. The molecule has 0 bridgehead atoms. The minimum absolute atomic E-state index is 0.0862. The van der Waals surface area contributed by atoms with Crippen molar-refractivity contribution in [2.24, 2.45) is 0 Å². The Hall–Kier alpha value is -0.770. The van der Waals surface area contributed by atoms with Crippen molar-refractivity contribution in [1.82, 2.24) is 10.2 Å². The van der Waals surface area contributed by atoms with E-state index in [2.05, 4.69) is 31.1 Å². The summed E-state index contributed by atoms with van der Waals surface area (Å²) in [7, 11) is 2.11. The van der Waals surface area contributed by atoms with Gasteiger partial charge in [-0.05, 0) is 40.3 Å². The van der Waals surface area contributed by atoms with E-state index >= 15 is 0 Å². The number of cyclic esters (lactones) is 1. The summed E-state index contributed by atoms with van der Waals surface area (Å²) in [6, 6.07) is 0.583. The van der Waals surface area contributed by atoms with Crippen LogP contribution in [0.5, 0.6) is 0 Å². The van der Waals surface area contributed by atoms with E-state index in [4.69, 9.17) is 4.74 Å². The van der Waals surface area contributed by atoms with Crippen LogP contribution >= 0.6 is 0 Å². The molecule has 0 saturated carbocycles. The lowest BCUT2D eigenvalue weighted by Gasteiger charge is -2.21. The van der Waals surface area contributed by atoms with Gasteiger partial charge in [0.25, 0.3) is 0 Å². The van der Waals surface area contributed by atoms with E-state index in [1.165, 1.54) is 0 Å². The molecule has 0 aromatic carbocycles. The quantitative estimate of drug-likeness (QED) is 0.725. The van der Waals surface area contributed by atoms with Crippen LogP contribution in [0, 0.1) is 0 Å². The van der Waals surface area contributed by atoms with Gasteiger partial charge in [-0.15, -0.1) is 0 Å². The Morgan fingerprint density at radius 2 is 2.36 bits per heavy atom. The highest BCUT2D eigenvalue weighted by Crippen LogP contribution is 2.08. The van der Waals surface area contributed by atoms with Crippen LogP contribution in [-0.2, 0) is 4.74 Å². The summed E-state index contributed by atoms with van der Waals surface area (Å²) in [5.41, 5.74) is 0. The molecular formula is C10H20N2O2. The molecule has 82 valence electrons. The van der Waals surface area contributed by atoms with E-state index in [0.717, 1.165) is 19.4 Å². The third kappa shape index (κ3) is 3.54. The van der Waals surface area contributed by atoms with Gasteiger partial charge in [-0.25, -0.2) is 4.79 Å². The van der Waals surface area contributed by atoms with Gasteiger partial charge in [0.05, 0.1) is 6.54 Å². The monoisotopic (exact) mass is 200 g/mol. The van der Waals surface area contributed by atoms with Gasteiger partial charge >= 0.3 is 6.09 Å². The Morgan fingerprint density at radius 1 is 1.64 bits per heavy atom. The second-order valence-corrected chi connectivity index (χ2v) is 4.12. The highest BCUT2D eigenvalue weighted by molar-refractivity contribution is 5.69. The first-order valence-electron chi connectivity index (χ1n) is 5.24. The van der Waals surface area contributed by atoms with E-state index in [1.54, 1.807) is 0 Å². The zero-order valence-electron chi connectivity index (χ0n) is 9.25. The number of ether oxygens (including phenoxy) is 1. The summed E-state index contributed by atoms with van der Waals surface area (Å²) < 4.78 is 5.04. The molecule has 1 amide bonds. The maximum absolute atomic E-state index is 10.7. The van der Waals surface area contributed by atoms with Gasteiger partial charge in [-0.2, -0.15) is 0 Å². The van der Waals surface area contributed by atoms with Crippen molar-refractivity contribution in [2.45, 2.75) is 38.8 Å². The zero-order chi connectivity index (χ0) is 10.6. The number of hydrogen-bond acceptors (Lipinski definition) is 3. The van der Waals surface area contributed by atoms with E-state index in [0.29, 0.717) is 12.6 Å². The normalized spacial score (nSPS) is 21.5. The Kier molecular flexibility index (Phi) is 4.20. The summed E-state index contributed by atoms with van der Waals surface area (Å²) >= 11 is 0. The topological polar surface area (TPSA) is 41.6 Å². The van der Waals surface area contributed by atoms with Gasteiger partial charge in [-0.1, -0.05) is 0 Å². The lowest BCUT2D eigenvalue weighted by Crippen LogP contribution is -2.28. The minimum atomic E-state index is -0.271. The molecule has 1 heterocycles. The summed E-state index contributed by atoms with van der Waals surface area (Å²) in [4.78, 5) is 13.0. The average Bonchev–Trinajstić information content (AvgIpc) is 2.51. The summed E-state index contributed by atoms with van der Waals surface area (Å²) in [6.07, 6.45) is 1.85. The van der Waals surface area contributed by atoms with E-state index in [-0.39, 0.29) is 12.2 Å². The molecule has 1 rings (SSSR count). The van der Waals surface area contributed by atoms with Crippen LogP contribution in [0.2, 0.25) is 0 Å². The molecule has 0 radical (unpaired) electrons. The van der Waals surface area contributed by atoms with Gasteiger partial charge < -0.3 is 15.0 Å². The molecule has 1 aliphatic heterocycles. The smallest absolute Gasteiger partial charge is 0.407 e. The Bertz CT molecular complexity index is 195. The van der Waals surface area contributed by atoms with Crippen molar-refractivity contribution in [1.29, 1.82) is 0 Å². The second kappa shape index (κ2) is 5.20. The lowest BCUT2D eigenvalue weighted by molar-refractivity contribution is 0.131. The highest BCUT2D eigenvalue weighted by Gasteiger charge is 2.21. The van der Waals surface area contributed by atoms with Crippen LogP contribution in [0.4, 0.5) is 4.79 Å². The van der Waals surface area contributed by atoms with Gasteiger partial charge in [0.1, 0.15) is 6.10 Å². The molecule has 1 atom stereocenters. The van der Waals surface area contributed by atoms with Crippen molar-refractivity contribution < 1.29 is 9.53 Å². The minimum Gasteiger partial charge on any atom is -0.444 e. The number of nitrogens with zero attached hydrogens (tertiary/aromatic N) is 1. The number of nitrogens with one attached hydrogen (secondary N) is 1. The number of amides is 1. The van der Waals surface area contributed by atoms with Crippen molar-refractivity contribution in [3.8, 4) is 0 Å². The molecule has 4 nitrogen and oxygen atoms in total. The predicted octanol–water partition coefficient (Wildman–Crippen LogP) is 1.22. The molecular weight excluding hydrogens is 180 g/mol. The lowest BCUT2D eigenvalue weighted by atomic mass is 10.2. The molecule has 0 aromatic heterocycles. The van der Waals surface area contributed by atoms with Crippen LogP contribution in [-0.4, -0.2) is 43.3 Å². The van der Waals surface area contributed by atoms with E-state index in [1.807, 2.05) is 0 Å². The van der Waals surface area contributed by atoms with Crippen LogP contribution < -0.4 is 5.32 Å². The Morgan fingerprint density at radius 3 is 2.86 bits per heavy atom. The fourth-order valence-corrected chi connectivity index (χ4v) is 1.42. The van der Waals surface area contributed by atoms with Gasteiger partial charge in [0, 0.05) is 6.04 Å². The molecule has 1 aliphatic rings. The SMILES string of the molecule is CC(C)N(C)CCCC1CNC(=O)O1. The Balaban J connectivity index is 2.07. The maximum atomic E-state index is 10.7. The first-order chi connectivity index (χ1) is 6.59. The third-order valence-electron chi connectivity index (χ3n) is 2.67.